The highest BCUT2D eigenvalue weighted by Gasteiger charge is 2.37. The molecule has 2 aromatic rings. The summed E-state index contributed by atoms with van der Waals surface area (Å²) in [5.74, 6) is -4.84. The van der Waals surface area contributed by atoms with E-state index < -0.39 is 59.5 Å². The second-order valence-corrected chi connectivity index (χ2v) is 19.6. The van der Waals surface area contributed by atoms with Gasteiger partial charge in [-0.2, -0.15) is 0 Å². The average Bonchev–Trinajstić information content (AvgIpc) is 3.74. The Morgan fingerprint density at radius 3 is 2.34 bits per heavy atom. The lowest BCUT2D eigenvalue weighted by atomic mass is 9.92. The van der Waals surface area contributed by atoms with E-state index in [1.54, 1.807) is 31.0 Å². The van der Waals surface area contributed by atoms with Crippen LogP contribution in [0.2, 0.25) is 0 Å². The van der Waals surface area contributed by atoms with Gasteiger partial charge in [-0.15, -0.1) is 11.3 Å². The van der Waals surface area contributed by atoms with E-state index in [0.29, 0.717) is 30.0 Å². The minimum Gasteiger partial charge on any atom is -0.506 e. The number of thiazole rings is 1. The molecular weight excluding hydrogens is 855 g/mol. The molecule has 0 saturated carbocycles. The molecule has 0 aliphatic carbocycles. The lowest BCUT2D eigenvalue weighted by Crippen LogP contribution is -2.58. The number of aromatic nitrogens is 1. The highest BCUT2D eigenvalue weighted by atomic mass is 32.1. The van der Waals surface area contributed by atoms with Gasteiger partial charge in [0.25, 0.3) is 5.91 Å². The number of nitrogens with two attached hydrogens (primary N) is 1. The van der Waals surface area contributed by atoms with Crippen LogP contribution >= 0.6 is 11.3 Å². The molecule has 65 heavy (non-hydrogen) atoms. The number of nitrogens with zero attached hydrogens (tertiary/aromatic N) is 3. The number of anilines is 1. The van der Waals surface area contributed by atoms with E-state index in [4.69, 9.17) is 15.2 Å². The van der Waals surface area contributed by atoms with E-state index in [0.717, 1.165) is 37.1 Å². The number of likely N-dealkylation sites (tertiary alicyclic amines) is 1. The number of hydrogen-bond donors (Lipinski definition) is 6. The van der Waals surface area contributed by atoms with E-state index in [2.05, 4.69) is 20.9 Å². The fraction of sp³-hybridized carbons (Fsp3) is 0.681. The van der Waals surface area contributed by atoms with Gasteiger partial charge in [0.05, 0.1) is 35.8 Å². The third-order valence-corrected chi connectivity index (χ3v) is 13.3. The van der Waals surface area contributed by atoms with Crippen LogP contribution in [0.1, 0.15) is 134 Å². The van der Waals surface area contributed by atoms with Crippen molar-refractivity contribution in [2.75, 3.05) is 39.1 Å². The van der Waals surface area contributed by atoms with Crippen molar-refractivity contribution in [3.63, 3.8) is 0 Å². The van der Waals surface area contributed by atoms with Crippen molar-refractivity contribution in [1.29, 1.82) is 0 Å². The van der Waals surface area contributed by atoms with Gasteiger partial charge >= 0.3 is 11.9 Å². The Labute approximate surface area is 389 Å². The van der Waals surface area contributed by atoms with Gasteiger partial charge in [0.1, 0.15) is 22.5 Å². The number of piperidine rings is 1. The molecule has 7 N–H and O–H groups in total. The van der Waals surface area contributed by atoms with Crippen molar-refractivity contribution in [2.45, 2.75) is 150 Å². The summed E-state index contributed by atoms with van der Waals surface area (Å²) in [5, 5.41) is 31.1. The second kappa shape index (κ2) is 25.3. The molecule has 3 unspecified atom stereocenters. The van der Waals surface area contributed by atoms with Gasteiger partial charge < -0.3 is 46.3 Å². The van der Waals surface area contributed by atoms with Gasteiger partial charge in [-0.25, -0.2) is 4.98 Å². The first-order valence-electron chi connectivity index (χ1n) is 22.9. The van der Waals surface area contributed by atoms with Crippen LogP contribution in [0.15, 0.2) is 23.6 Å². The molecule has 0 radical (unpaired) electrons. The number of phenolic OH excluding ortho intramolecular Hbond substituents is 1. The summed E-state index contributed by atoms with van der Waals surface area (Å²) < 4.78 is 11.7. The number of phenols is 1. The number of carbonyl (C=O) groups excluding carboxylic acids is 5. The number of amides is 4. The molecule has 1 aliphatic heterocycles. The van der Waals surface area contributed by atoms with Crippen LogP contribution in [0, 0.1) is 23.7 Å². The maximum Gasteiger partial charge on any atom is 0.306 e. The van der Waals surface area contributed by atoms with Crippen LogP contribution < -0.4 is 21.7 Å². The van der Waals surface area contributed by atoms with Crippen molar-refractivity contribution in [3.05, 3.63) is 39.8 Å². The maximum atomic E-state index is 14.3. The van der Waals surface area contributed by atoms with Gasteiger partial charge in [0, 0.05) is 37.9 Å². The zero-order chi connectivity index (χ0) is 48.8. The van der Waals surface area contributed by atoms with Crippen LogP contribution in [0.4, 0.5) is 5.69 Å². The molecule has 18 heteroatoms. The molecule has 1 saturated heterocycles. The number of hydrogen-bond acceptors (Lipinski definition) is 13. The number of nitrogens with one attached hydrogen (secondary N) is 3. The average molecular weight is 930 g/mol. The van der Waals surface area contributed by atoms with Crippen molar-refractivity contribution < 1.29 is 48.5 Å². The number of aliphatic carboxylic acids is 1. The molecule has 1 aromatic carbocycles. The molecule has 1 fully saturated rings. The van der Waals surface area contributed by atoms with Gasteiger partial charge in [-0.1, -0.05) is 60.5 Å². The number of rotatable bonds is 25. The summed E-state index contributed by atoms with van der Waals surface area (Å²) in [7, 11) is 3.62. The molecule has 0 bridgehead atoms. The van der Waals surface area contributed by atoms with Crippen molar-refractivity contribution >= 4 is 52.6 Å². The van der Waals surface area contributed by atoms with E-state index in [1.165, 1.54) is 25.3 Å². The smallest absolute Gasteiger partial charge is 0.306 e. The Morgan fingerprint density at radius 2 is 1.74 bits per heavy atom. The minimum absolute atomic E-state index is 0.0254. The third kappa shape index (κ3) is 16.6. The standard InChI is InChI=1S/C47H75N7O10S/c1-12-28(4)40(52-43(59)36-15-13-14-20-53(36)10)45(60)54(11)37(27(2)3)24-39(64-31(7)55)44-51-35(26-65-44)42(58)49-33(21-29(5)46(61)62)22-32-16-17-38(56)34(23-32)50-41(57)30(6)25-63-47(8,9)18-19-48/h16-17,23,26-30,33,36-37,39-40,56H,12-15,18-22,24-25,48H2,1-11H3,(H,49,58)(H,50,57)(H,52,59)(H,61,62)/t28-,29?,30?,33+,36+,37?,39+,40-/m0/s1. The predicted octanol–water partition coefficient (Wildman–Crippen LogP) is 5.51. The summed E-state index contributed by atoms with van der Waals surface area (Å²) >= 11 is 1.12. The molecule has 1 aliphatic rings. The minimum atomic E-state index is -1.05. The fourth-order valence-corrected chi connectivity index (χ4v) is 8.77. The molecule has 2 heterocycles. The highest BCUT2D eigenvalue weighted by Crippen LogP contribution is 2.32. The highest BCUT2D eigenvalue weighted by molar-refractivity contribution is 7.09. The molecule has 0 spiro atoms. The quantitative estimate of drug-likeness (QED) is 0.0532. The number of carbonyl (C=O) groups is 6. The maximum absolute atomic E-state index is 14.3. The number of carboxylic acids is 1. The van der Waals surface area contributed by atoms with Gasteiger partial charge in [-0.3, -0.25) is 33.7 Å². The van der Waals surface area contributed by atoms with Crippen molar-refractivity contribution in [3.8, 4) is 5.75 Å². The van der Waals surface area contributed by atoms with Crippen LogP contribution in [0.25, 0.3) is 0 Å². The number of carboxylic acid groups (broad SMARTS) is 1. The summed E-state index contributed by atoms with van der Waals surface area (Å²) in [4.78, 5) is 87.5. The van der Waals surface area contributed by atoms with Crippen LogP contribution in [0.3, 0.4) is 0 Å². The van der Waals surface area contributed by atoms with Crippen LogP contribution in [0.5, 0.6) is 5.75 Å². The van der Waals surface area contributed by atoms with E-state index in [-0.39, 0.29) is 78.6 Å². The van der Waals surface area contributed by atoms with Crippen molar-refractivity contribution in [1.82, 2.24) is 25.4 Å². The molecule has 1 aromatic heterocycles. The first-order valence-corrected chi connectivity index (χ1v) is 23.8. The Bertz CT molecular complexity index is 1920. The number of aromatic hydroxyl groups is 1. The molecule has 17 nitrogen and oxygen atoms in total. The zero-order valence-electron chi connectivity index (χ0n) is 40.3. The van der Waals surface area contributed by atoms with Crippen LogP contribution in [-0.2, 0) is 39.9 Å². The summed E-state index contributed by atoms with van der Waals surface area (Å²) in [6.07, 6.45) is 3.40. The molecule has 4 amide bonds. The van der Waals surface area contributed by atoms with E-state index >= 15 is 0 Å². The Hall–Kier alpha value is -4.65. The number of likely N-dealkylation sites (N-methyl/N-ethyl adjacent to an activating group) is 2. The molecule has 3 rings (SSSR count). The fourth-order valence-electron chi connectivity index (χ4n) is 7.94. The molecule has 8 atom stereocenters. The first kappa shape index (κ1) is 54.7. The number of ether oxygens (including phenoxy) is 2. The van der Waals surface area contributed by atoms with Crippen LogP contribution in [-0.4, -0.2) is 124 Å². The van der Waals surface area contributed by atoms with Gasteiger partial charge in [-0.05, 0) is 95.6 Å². The SMILES string of the molecule is CC[C@H](C)[C@H](NC(=O)[C@H]1CCCCN1C)C(=O)N(C)C(C[C@@H](OC(C)=O)c1nc(C(=O)N[C@@H](Cc2ccc(O)c(NC(=O)C(C)COC(C)(C)CCN)c2)CC(C)C(=O)O)cs1)C(C)C. The number of benzene rings is 1. The lowest BCUT2D eigenvalue weighted by molar-refractivity contribution is -0.149. The summed E-state index contributed by atoms with van der Waals surface area (Å²) in [6.45, 7) is 17.5. The molecule has 364 valence electrons. The lowest BCUT2D eigenvalue weighted by Gasteiger charge is -2.38. The number of esters is 1. The van der Waals surface area contributed by atoms with E-state index in [9.17, 15) is 39.0 Å². The van der Waals surface area contributed by atoms with E-state index in [1.807, 2.05) is 53.5 Å². The normalized spacial score (nSPS) is 17.8. The topological polar surface area (TPSA) is 243 Å². The van der Waals surface area contributed by atoms with Gasteiger partial charge in [0.15, 0.2) is 6.10 Å². The zero-order valence-corrected chi connectivity index (χ0v) is 41.1. The Kier molecular flexibility index (Phi) is 21.3. The summed E-state index contributed by atoms with van der Waals surface area (Å²) in [6, 6.07) is 2.38. The Balaban J connectivity index is 1.82. The monoisotopic (exact) mass is 930 g/mol. The summed E-state index contributed by atoms with van der Waals surface area (Å²) in [5.41, 5.74) is 5.95. The third-order valence-electron chi connectivity index (χ3n) is 12.4. The largest absolute Gasteiger partial charge is 0.506 e. The Morgan fingerprint density at radius 1 is 1.05 bits per heavy atom. The van der Waals surface area contributed by atoms with Gasteiger partial charge in [0.2, 0.25) is 17.7 Å². The predicted molar refractivity (Wildman–Crippen MR) is 250 cm³/mol. The second-order valence-electron chi connectivity index (χ2n) is 18.7. The first-order chi connectivity index (χ1) is 30.5. The molecular formula is C47H75N7O10S. The van der Waals surface area contributed by atoms with Crippen molar-refractivity contribution in [2.24, 2.45) is 29.4 Å².